The van der Waals surface area contributed by atoms with Gasteiger partial charge >= 0.3 is 0 Å². The molecule has 2 aromatic rings. The second kappa shape index (κ2) is 4.25. The van der Waals surface area contributed by atoms with Gasteiger partial charge in [0.05, 0.1) is 4.47 Å². The molecule has 0 amide bonds. The first kappa shape index (κ1) is 11.0. The standard InChI is InChI=1S/C11H14BrN5/c1-8-2-4-16(5-3-8)11-13-6-9(12)10-15-14-7-17(10)11/h6-8H,2-5H2,1H3. The van der Waals surface area contributed by atoms with Crippen molar-refractivity contribution >= 4 is 27.5 Å². The van der Waals surface area contributed by atoms with Gasteiger partial charge in [0.2, 0.25) is 5.95 Å². The molecule has 0 atom stereocenters. The highest BCUT2D eigenvalue weighted by atomic mass is 79.9. The molecule has 0 aliphatic carbocycles. The van der Waals surface area contributed by atoms with E-state index < -0.39 is 0 Å². The van der Waals surface area contributed by atoms with Crippen molar-refractivity contribution in [1.82, 2.24) is 19.6 Å². The maximum Gasteiger partial charge on any atom is 0.212 e. The Morgan fingerprint density at radius 2 is 2.12 bits per heavy atom. The summed E-state index contributed by atoms with van der Waals surface area (Å²) in [6.45, 7) is 4.42. The lowest BCUT2D eigenvalue weighted by atomic mass is 10.00. The molecule has 0 saturated carbocycles. The van der Waals surface area contributed by atoms with E-state index in [9.17, 15) is 0 Å². The molecule has 0 aromatic carbocycles. The third-order valence-corrected chi connectivity index (χ3v) is 3.90. The van der Waals surface area contributed by atoms with Gasteiger partial charge in [-0.25, -0.2) is 9.38 Å². The van der Waals surface area contributed by atoms with Crippen LogP contribution < -0.4 is 4.90 Å². The number of hydrogen-bond acceptors (Lipinski definition) is 4. The zero-order valence-corrected chi connectivity index (χ0v) is 11.3. The van der Waals surface area contributed by atoms with Crippen molar-refractivity contribution in [3.8, 4) is 0 Å². The molecule has 1 fully saturated rings. The number of nitrogens with zero attached hydrogens (tertiary/aromatic N) is 5. The molecule has 3 heterocycles. The summed E-state index contributed by atoms with van der Waals surface area (Å²) in [5.74, 6) is 1.76. The van der Waals surface area contributed by atoms with Crippen molar-refractivity contribution in [1.29, 1.82) is 0 Å². The summed E-state index contributed by atoms with van der Waals surface area (Å²) in [4.78, 5) is 6.80. The molecule has 6 heteroatoms. The van der Waals surface area contributed by atoms with Crippen LogP contribution >= 0.6 is 15.9 Å². The maximum atomic E-state index is 4.49. The highest BCUT2D eigenvalue weighted by molar-refractivity contribution is 9.10. The van der Waals surface area contributed by atoms with Crippen molar-refractivity contribution in [2.45, 2.75) is 19.8 Å². The molecule has 0 spiro atoms. The van der Waals surface area contributed by atoms with Crippen LogP contribution in [-0.2, 0) is 0 Å². The Labute approximate surface area is 108 Å². The molecule has 0 radical (unpaired) electrons. The molecule has 0 N–H and O–H groups in total. The minimum atomic E-state index is 0.818. The van der Waals surface area contributed by atoms with Gasteiger partial charge in [-0.2, -0.15) is 0 Å². The van der Waals surface area contributed by atoms with E-state index >= 15 is 0 Å². The Morgan fingerprint density at radius 3 is 2.88 bits per heavy atom. The zero-order chi connectivity index (χ0) is 11.8. The van der Waals surface area contributed by atoms with Crippen LogP contribution in [0, 0.1) is 5.92 Å². The first-order chi connectivity index (χ1) is 8.25. The molecule has 1 saturated heterocycles. The van der Waals surface area contributed by atoms with Gasteiger partial charge in [0.15, 0.2) is 5.65 Å². The highest BCUT2D eigenvalue weighted by Crippen LogP contribution is 2.24. The third-order valence-electron chi connectivity index (χ3n) is 3.34. The average Bonchev–Trinajstić information content (AvgIpc) is 2.81. The molecule has 90 valence electrons. The number of halogens is 1. The van der Waals surface area contributed by atoms with Gasteiger partial charge in [0.25, 0.3) is 0 Å². The fourth-order valence-electron chi connectivity index (χ4n) is 2.22. The lowest BCUT2D eigenvalue weighted by Crippen LogP contribution is -2.34. The van der Waals surface area contributed by atoms with Crippen LogP contribution in [0.3, 0.4) is 0 Å². The molecule has 0 unspecified atom stereocenters. The van der Waals surface area contributed by atoms with E-state index in [0.29, 0.717) is 0 Å². The van der Waals surface area contributed by atoms with Crippen molar-refractivity contribution in [3.63, 3.8) is 0 Å². The highest BCUT2D eigenvalue weighted by Gasteiger charge is 2.19. The molecule has 3 rings (SSSR count). The molecule has 1 aliphatic rings. The summed E-state index contributed by atoms with van der Waals surface area (Å²) in [5, 5.41) is 8.04. The monoisotopic (exact) mass is 295 g/mol. The summed E-state index contributed by atoms with van der Waals surface area (Å²) in [6, 6.07) is 0. The summed E-state index contributed by atoms with van der Waals surface area (Å²) in [6.07, 6.45) is 5.97. The predicted molar refractivity (Wildman–Crippen MR) is 69.1 cm³/mol. The van der Waals surface area contributed by atoms with Gasteiger partial charge in [0.1, 0.15) is 6.33 Å². The Hall–Kier alpha value is -1.17. The topological polar surface area (TPSA) is 46.3 Å². The lowest BCUT2D eigenvalue weighted by molar-refractivity contribution is 0.433. The second-order valence-corrected chi connectivity index (χ2v) is 5.45. The molecule has 1 aliphatic heterocycles. The smallest absolute Gasteiger partial charge is 0.212 e. The van der Waals surface area contributed by atoms with Gasteiger partial charge in [-0.05, 0) is 34.7 Å². The SMILES string of the molecule is CC1CCN(c2ncc(Br)c3nncn23)CC1. The summed E-state index contributed by atoms with van der Waals surface area (Å²) in [5.41, 5.74) is 0.827. The Balaban J connectivity index is 2.00. The third kappa shape index (κ3) is 1.90. The van der Waals surface area contributed by atoms with Crippen LogP contribution in [0.25, 0.3) is 5.65 Å². The molecular formula is C11H14BrN5. The van der Waals surface area contributed by atoms with Crippen molar-refractivity contribution in [3.05, 3.63) is 17.0 Å². The normalized spacial score (nSPS) is 17.9. The van der Waals surface area contributed by atoms with E-state index in [2.05, 4.69) is 42.9 Å². The largest absolute Gasteiger partial charge is 0.342 e. The predicted octanol–water partition coefficient (Wildman–Crippen LogP) is 2.12. The minimum absolute atomic E-state index is 0.818. The summed E-state index contributed by atoms with van der Waals surface area (Å²) >= 11 is 3.44. The number of piperidine rings is 1. The van der Waals surface area contributed by atoms with Gasteiger partial charge < -0.3 is 4.90 Å². The lowest BCUT2D eigenvalue weighted by Gasteiger charge is -2.31. The number of rotatable bonds is 1. The minimum Gasteiger partial charge on any atom is -0.342 e. The van der Waals surface area contributed by atoms with Crippen molar-refractivity contribution in [2.75, 3.05) is 18.0 Å². The van der Waals surface area contributed by atoms with Crippen molar-refractivity contribution in [2.24, 2.45) is 5.92 Å². The first-order valence-electron chi connectivity index (χ1n) is 5.85. The van der Waals surface area contributed by atoms with Gasteiger partial charge in [-0.3, -0.25) is 0 Å². The summed E-state index contributed by atoms with van der Waals surface area (Å²) in [7, 11) is 0. The molecule has 2 aromatic heterocycles. The van der Waals surface area contributed by atoms with E-state index in [1.54, 1.807) is 12.5 Å². The quantitative estimate of drug-likeness (QED) is 0.808. The average molecular weight is 296 g/mol. The maximum absolute atomic E-state index is 4.49. The van der Waals surface area contributed by atoms with Crippen LogP contribution in [0.2, 0.25) is 0 Å². The van der Waals surface area contributed by atoms with Crippen LogP contribution in [0.1, 0.15) is 19.8 Å². The fourth-order valence-corrected chi connectivity index (χ4v) is 2.59. The number of hydrogen-bond donors (Lipinski definition) is 0. The summed E-state index contributed by atoms with van der Waals surface area (Å²) < 4.78 is 2.82. The van der Waals surface area contributed by atoms with E-state index in [4.69, 9.17) is 0 Å². The Bertz CT molecular complexity index is 530. The van der Waals surface area contributed by atoms with E-state index in [0.717, 1.165) is 35.1 Å². The van der Waals surface area contributed by atoms with Crippen LogP contribution in [0.5, 0.6) is 0 Å². The van der Waals surface area contributed by atoms with E-state index in [1.807, 2.05) is 4.40 Å². The van der Waals surface area contributed by atoms with Gasteiger partial charge in [-0.15, -0.1) is 10.2 Å². The van der Waals surface area contributed by atoms with Gasteiger partial charge in [-0.1, -0.05) is 6.92 Å². The Morgan fingerprint density at radius 1 is 1.35 bits per heavy atom. The first-order valence-corrected chi connectivity index (χ1v) is 6.64. The molecule has 5 nitrogen and oxygen atoms in total. The van der Waals surface area contributed by atoms with Gasteiger partial charge in [0, 0.05) is 19.3 Å². The van der Waals surface area contributed by atoms with Crippen LogP contribution in [-0.4, -0.2) is 32.7 Å². The van der Waals surface area contributed by atoms with Crippen LogP contribution in [0.15, 0.2) is 17.0 Å². The van der Waals surface area contributed by atoms with Crippen molar-refractivity contribution < 1.29 is 0 Å². The fraction of sp³-hybridized carbons (Fsp3) is 0.545. The number of anilines is 1. The number of aromatic nitrogens is 4. The second-order valence-electron chi connectivity index (χ2n) is 4.60. The Kier molecular flexibility index (Phi) is 2.74. The van der Waals surface area contributed by atoms with E-state index in [1.165, 1.54) is 12.8 Å². The molecular weight excluding hydrogens is 282 g/mol. The molecule has 17 heavy (non-hydrogen) atoms. The van der Waals surface area contributed by atoms with E-state index in [-0.39, 0.29) is 0 Å². The van der Waals surface area contributed by atoms with Crippen LogP contribution in [0.4, 0.5) is 5.95 Å². The number of fused-ring (bicyclic) bond motifs is 1. The zero-order valence-electron chi connectivity index (χ0n) is 9.67. The molecule has 0 bridgehead atoms.